The van der Waals surface area contributed by atoms with Crippen molar-refractivity contribution in [2.75, 3.05) is 39.3 Å². The fourth-order valence-corrected chi connectivity index (χ4v) is 4.51. The van der Waals surface area contributed by atoms with E-state index in [1.165, 1.54) is 4.31 Å². The molecule has 0 spiro atoms. The van der Waals surface area contributed by atoms with Crippen molar-refractivity contribution < 1.29 is 13.5 Å². The number of sulfonamides is 1. The van der Waals surface area contributed by atoms with Crippen LogP contribution in [0.4, 0.5) is 0 Å². The van der Waals surface area contributed by atoms with Gasteiger partial charge in [0.15, 0.2) is 0 Å². The van der Waals surface area contributed by atoms with Crippen molar-refractivity contribution in [1.82, 2.24) is 9.21 Å². The second kappa shape index (κ2) is 6.53. The van der Waals surface area contributed by atoms with Crippen molar-refractivity contribution in [3.05, 3.63) is 28.2 Å². The Morgan fingerprint density at radius 2 is 1.90 bits per heavy atom. The number of nitrogens with zero attached hydrogens (tertiary/aromatic N) is 2. The predicted molar refractivity (Wildman–Crippen MR) is 81.2 cm³/mol. The molecule has 1 N–H and O–H groups in total. The van der Waals surface area contributed by atoms with E-state index in [0.29, 0.717) is 37.6 Å². The topological polar surface area (TPSA) is 60.9 Å². The summed E-state index contributed by atoms with van der Waals surface area (Å²) in [6, 6.07) is 5.30. The number of aliphatic hydroxyl groups excluding tert-OH is 1. The molecule has 0 atom stereocenters. The summed E-state index contributed by atoms with van der Waals surface area (Å²) in [5.74, 6) is 0. The van der Waals surface area contributed by atoms with E-state index in [1.54, 1.807) is 19.1 Å². The largest absolute Gasteiger partial charge is 0.395 e. The minimum atomic E-state index is -3.44. The standard InChI is InChI=1S/C13H19BrN2O3S/c1-11-2-3-12(14)10-13(11)20(18,19)16-6-4-15(5-7-16)8-9-17/h2-3,10,17H,4-9H2,1H3. The number of hydrogen-bond acceptors (Lipinski definition) is 4. The molecule has 1 saturated heterocycles. The molecule has 1 aliphatic heterocycles. The summed E-state index contributed by atoms with van der Waals surface area (Å²) >= 11 is 3.32. The van der Waals surface area contributed by atoms with E-state index >= 15 is 0 Å². The van der Waals surface area contributed by atoms with Crippen molar-refractivity contribution >= 4 is 26.0 Å². The molecule has 0 radical (unpaired) electrons. The van der Waals surface area contributed by atoms with Crippen molar-refractivity contribution in [1.29, 1.82) is 0 Å². The third kappa shape index (κ3) is 3.40. The number of hydrogen-bond donors (Lipinski definition) is 1. The quantitative estimate of drug-likeness (QED) is 0.869. The average Bonchev–Trinajstić information content (AvgIpc) is 2.42. The molecular weight excluding hydrogens is 344 g/mol. The molecule has 0 saturated carbocycles. The first kappa shape index (κ1) is 15.9. The van der Waals surface area contributed by atoms with Crippen LogP contribution in [0.2, 0.25) is 0 Å². The molecule has 112 valence electrons. The maximum atomic E-state index is 12.7. The Labute approximate surface area is 128 Å². The zero-order valence-corrected chi connectivity index (χ0v) is 13.8. The van der Waals surface area contributed by atoms with Crippen LogP contribution in [0.15, 0.2) is 27.6 Å². The van der Waals surface area contributed by atoms with Gasteiger partial charge in [-0.2, -0.15) is 4.31 Å². The Balaban J connectivity index is 2.18. The van der Waals surface area contributed by atoms with Crippen molar-refractivity contribution in [3.8, 4) is 0 Å². The fourth-order valence-electron chi connectivity index (χ4n) is 2.33. The maximum absolute atomic E-state index is 12.7. The highest BCUT2D eigenvalue weighted by molar-refractivity contribution is 9.10. The van der Waals surface area contributed by atoms with E-state index in [1.807, 2.05) is 6.07 Å². The molecule has 0 aromatic heterocycles. The van der Waals surface area contributed by atoms with Crippen LogP contribution in [0, 0.1) is 6.92 Å². The Morgan fingerprint density at radius 1 is 1.25 bits per heavy atom. The van der Waals surface area contributed by atoms with Gasteiger partial charge in [0.25, 0.3) is 0 Å². The zero-order chi connectivity index (χ0) is 14.8. The second-order valence-electron chi connectivity index (χ2n) is 4.88. The van der Waals surface area contributed by atoms with Crippen LogP contribution in [0.5, 0.6) is 0 Å². The third-order valence-electron chi connectivity index (χ3n) is 3.52. The lowest BCUT2D eigenvalue weighted by Crippen LogP contribution is -2.49. The molecule has 1 aromatic rings. The highest BCUT2D eigenvalue weighted by atomic mass is 79.9. The molecule has 1 aliphatic rings. The van der Waals surface area contributed by atoms with Crippen LogP contribution < -0.4 is 0 Å². The van der Waals surface area contributed by atoms with Crippen LogP contribution in [-0.2, 0) is 10.0 Å². The van der Waals surface area contributed by atoms with Crippen LogP contribution in [0.3, 0.4) is 0 Å². The molecule has 0 amide bonds. The highest BCUT2D eigenvalue weighted by Crippen LogP contribution is 2.24. The maximum Gasteiger partial charge on any atom is 0.243 e. The molecular formula is C13H19BrN2O3S. The molecule has 1 fully saturated rings. The van der Waals surface area contributed by atoms with Gasteiger partial charge in [-0.15, -0.1) is 0 Å². The minimum Gasteiger partial charge on any atom is -0.395 e. The average molecular weight is 363 g/mol. The lowest BCUT2D eigenvalue weighted by Gasteiger charge is -2.33. The number of aliphatic hydroxyl groups is 1. The lowest BCUT2D eigenvalue weighted by molar-refractivity contribution is 0.151. The van der Waals surface area contributed by atoms with Crippen LogP contribution >= 0.6 is 15.9 Å². The smallest absolute Gasteiger partial charge is 0.243 e. The second-order valence-corrected chi connectivity index (χ2v) is 7.70. The summed E-state index contributed by atoms with van der Waals surface area (Å²) < 4.78 is 27.6. The van der Waals surface area contributed by atoms with Gasteiger partial charge in [0.1, 0.15) is 0 Å². The third-order valence-corrected chi connectivity index (χ3v) is 6.05. The van der Waals surface area contributed by atoms with Gasteiger partial charge in [-0.1, -0.05) is 22.0 Å². The number of rotatable bonds is 4. The normalized spacial score (nSPS) is 18.4. The first-order valence-electron chi connectivity index (χ1n) is 6.54. The molecule has 0 aliphatic carbocycles. The van der Waals surface area contributed by atoms with Gasteiger partial charge in [-0.25, -0.2) is 8.42 Å². The van der Waals surface area contributed by atoms with Crippen molar-refractivity contribution in [2.45, 2.75) is 11.8 Å². The van der Waals surface area contributed by atoms with Gasteiger partial charge in [-0.3, -0.25) is 4.90 Å². The summed E-state index contributed by atoms with van der Waals surface area (Å²) in [5, 5.41) is 8.91. The number of halogens is 1. The minimum absolute atomic E-state index is 0.109. The van der Waals surface area contributed by atoms with Gasteiger partial charge in [-0.05, 0) is 24.6 Å². The van der Waals surface area contributed by atoms with Gasteiger partial charge in [0.05, 0.1) is 11.5 Å². The van der Waals surface area contributed by atoms with E-state index in [-0.39, 0.29) is 6.61 Å². The summed E-state index contributed by atoms with van der Waals surface area (Å²) in [5.41, 5.74) is 0.756. The number of benzene rings is 1. The van der Waals surface area contributed by atoms with Crippen molar-refractivity contribution in [2.24, 2.45) is 0 Å². The molecule has 5 nitrogen and oxygen atoms in total. The van der Waals surface area contributed by atoms with Crippen LogP contribution in [0.1, 0.15) is 5.56 Å². The fraction of sp³-hybridized carbons (Fsp3) is 0.538. The molecule has 7 heteroatoms. The molecule has 1 aromatic carbocycles. The lowest BCUT2D eigenvalue weighted by atomic mass is 10.2. The van der Waals surface area contributed by atoms with Gasteiger partial charge >= 0.3 is 0 Å². The Morgan fingerprint density at radius 3 is 2.50 bits per heavy atom. The number of piperazine rings is 1. The number of aryl methyl sites for hydroxylation is 1. The Kier molecular flexibility index (Phi) is 5.19. The molecule has 0 bridgehead atoms. The SMILES string of the molecule is Cc1ccc(Br)cc1S(=O)(=O)N1CCN(CCO)CC1. The number of β-amino-alcohol motifs (C(OH)–C–C–N with tert-alkyl or cyclic N) is 1. The van der Waals surface area contributed by atoms with Crippen LogP contribution in [-0.4, -0.2) is 62.1 Å². The van der Waals surface area contributed by atoms with E-state index in [2.05, 4.69) is 20.8 Å². The van der Waals surface area contributed by atoms with Crippen molar-refractivity contribution in [3.63, 3.8) is 0 Å². The molecule has 20 heavy (non-hydrogen) atoms. The predicted octanol–water partition coefficient (Wildman–Crippen LogP) is 1.06. The highest BCUT2D eigenvalue weighted by Gasteiger charge is 2.29. The van der Waals surface area contributed by atoms with E-state index in [9.17, 15) is 8.42 Å². The van der Waals surface area contributed by atoms with E-state index in [4.69, 9.17) is 5.11 Å². The summed E-state index contributed by atoms with van der Waals surface area (Å²) in [7, 11) is -3.44. The van der Waals surface area contributed by atoms with Gasteiger partial charge in [0, 0.05) is 37.2 Å². The monoisotopic (exact) mass is 362 g/mol. The van der Waals surface area contributed by atoms with Gasteiger partial charge < -0.3 is 5.11 Å². The zero-order valence-electron chi connectivity index (χ0n) is 11.4. The summed E-state index contributed by atoms with van der Waals surface area (Å²) in [6.45, 7) is 4.77. The van der Waals surface area contributed by atoms with E-state index in [0.717, 1.165) is 10.0 Å². The van der Waals surface area contributed by atoms with E-state index < -0.39 is 10.0 Å². The molecule has 1 heterocycles. The Bertz CT molecular complexity index is 569. The first-order valence-corrected chi connectivity index (χ1v) is 8.78. The first-order chi connectivity index (χ1) is 9.45. The van der Waals surface area contributed by atoms with Gasteiger partial charge in [0.2, 0.25) is 10.0 Å². The molecule has 0 unspecified atom stereocenters. The Hall–Kier alpha value is -0.470. The molecule has 2 rings (SSSR count). The summed E-state index contributed by atoms with van der Waals surface area (Å²) in [4.78, 5) is 2.43. The summed E-state index contributed by atoms with van der Waals surface area (Å²) in [6.07, 6.45) is 0. The van der Waals surface area contributed by atoms with Crippen LogP contribution in [0.25, 0.3) is 0 Å².